The predicted molar refractivity (Wildman–Crippen MR) is 137 cm³/mol. The third-order valence-electron chi connectivity index (χ3n) is 5.86. The average molecular weight is 491 g/mol. The quantitative estimate of drug-likeness (QED) is 0.300. The van der Waals surface area contributed by atoms with Crippen molar-refractivity contribution in [3.63, 3.8) is 0 Å². The molecule has 0 aliphatic rings. The van der Waals surface area contributed by atoms with Gasteiger partial charge in [0.15, 0.2) is 0 Å². The van der Waals surface area contributed by atoms with Crippen LogP contribution in [-0.2, 0) is 27.9 Å². The predicted octanol–water partition coefficient (Wildman–Crippen LogP) is 5.37. The fourth-order valence-electron chi connectivity index (χ4n) is 4.06. The zero-order valence-electron chi connectivity index (χ0n) is 20.1. The molecule has 4 aromatic rings. The number of nitrogens with zero attached hydrogens (tertiary/aromatic N) is 2. The number of amides is 1. The van der Waals surface area contributed by atoms with Gasteiger partial charge in [-0.2, -0.15) is 4.31 Å². The van der Waals surface area contributed by atoms with Crippen LogP contribution >= 0.6 is 0 Å². The van der Waals surface area contributed by atoms with Gasteiger partial charge >= 0.3 is 0 Å². The van der Waals surface area contributed by atoms with E-state index in [1.165, 1.54) is 4.31 Å². The van der Waals surface area contributed by atoms with Gasteiger partial charge in [-0.1, -0.05) is 67.6 Å². The minimum atomic E-state index is -3.86. The van der Waals surface area contributed by atoms with Gasteiger partial charge in [0.25, 0.3) is 0 Å². The molecule has 1 amide bonds. The van der Waals surface area contributed by atoms with Crippen molar-refractivity contribution < 1.29 is 17.6 Å². The second-order valence-electron chi connectivity index (χ2n) is 8.60. The summed E-state index contributed by atoms with van der Waals surface area (Å²) < 4.78 is 34.2. The molecule has 1 heterocycles. The lowest BCUT2D eigenvalue weighted by molar-refractivity contribution is -0.133. The van der Waals surface area contributed by atoms with Gasteiger partial charge in [0, 0.05) is 13.1 Å². The first-order valence-corrected chi connectivity index (χ1v) is 13.2. The molecule has 0 saturated heterocycles. The molecule has 0 aliphatic heterocycles. The van der Waals surface area contributed by atoms with Crippen LogP contribution < -0.4 is 0 Å². The van der Waals surface area contributed by atoms with Crippen LogP contribution in [0.2, 0.25) is 0 Å². The summed E-state index contributed by atoms with van der Waals surface area (Å²) in [4.78, 5) is 15.3. The first-order valence-electron chi connectivity index (χ1n) is 11.7. The van der Waals surface area contributed by atoms with Crippen molar-refractivity contribution in [1.82, 2.24) is 9.21 Å². The summed E-state index contributed by atoms with van der Waals surface area (Å²) >= 11 is 0. The summed E-state index contributed by atoms with van der Waals surface area (Å²) in [6, 6.07) is 26.1. The highest BCUT2D eigenvalue weighted by Crippen LogP contribution is 2.23. The molecule has 35 heavy (non-hydrogen) atoms. The molecule has 0 radical (unpaired) electrons. The zero-order valence-corrected chi connectivity index (χ0v) is 20.9. The lowest BCUT2D eigenvalue weighted by Crippen LogP contribution is -2.42. The molecule has 0 aliphatic carbocycles. The molecule has 0 N–H and O–H groups in total. The lowest BCUT2D eigenvalue weighted by Gasteiger charge is -2.27. The van der Waals surface area contributed by atoms with Crippen molar-refractivity contribution in [3.8, 4) is 0 Å². The number of hydrogen-bond acceptors (Lipinski definition) is 4. The third kappa shape index (κ3) is 5.99. The highest BCUT2D eigenvalue weighted by Gasteiger charge is 2.28. The maximum Gasteiger partial charge on any atom is 0.243 e. The molecule has 7 heteroatoms. The van der Waals surface area contributed by atoms with Gasteiger partial charge in [0.05, 0.1) is 18.0 Å². The van der Waals surface area contributed by atoms with Crippen LogP contribution in [-0.4, -0.2) is 36.6 Å². The van der Waals surface area contributed by atoms with E-state index < -0.39 is 10.0 Å². The van der Waals surface area contributed by atoms with Gasteiger partial charge in [-0.25, -0.2) is 8.42 Å². The number of benzene rings is 3. The van der Waals surface area contributed by atoms with Gasteiger partial charge in [0.1, 0.15) is 11.5 Å². The monoisotopic (exact) mass is 490 g/mol. The van der Waals surface area contributed by atoms with E-state index in [4.69, 9.17) is 4.42 Å². The third-order valence-corrected chi connectivity index (χ3v) is 7.70. The molecule has 0 fully saturated rings. The van der Waals surface area contributed by atoms with E-state index >= 15 is 0 Å². The molecule has 0 bridgehead atoms. The highest BCUT2D eigenvalue weighted by atomic mass is 32.2. The fourth-order valence-corrected chi connectivity index (χ4v) is 5.57. The fraction of sp³-hybridized carbons (Fsp3) is 0.250. The van der Waals surface area contributed by atoms with Crippen LogP contribution in [0.4, 0.5) is 0 Å². The Labute approximate surface area is 206 Å². The van der Waals surface area contributed by atoms with E-state index in [2.05, 4.69) is 0 Å². The van der Waals surface area contributed by atoms with Crippen LogP contribution in [0, 0.1) is 6.92 Å². The van der Waals surface area contributed by atoms with E-state index in [1.54, 1.807) is 23.1 Å². The number of carbonyl (C=O) groups excluding carboxylic acids is 1. The molecule has 6 nitrogen and oxygen atoms in total. The summed E-state index contributed by atoms with van der Waals surface area (Å²) in [7, 11) is -3.86. The topological polar surface area (TPSA) is 70.8 Å². The number of hydrogen-bond donors (Lipinski definition) is 0. The average Bonchev–Trinajstić information content (AvgIpc) is 3.28. The van der Waals surface area contributed by atoms with Crippen molar-refractivity contribution in [2.75, 3.05) is 13.1 Å². The Balaban J connectivity index is 1.60. The number of fused-ring (bicyclic) bond motifs is 1. The summed E-state index contributed by atoms with van der Waals surface area (Å²) in [6.45, 7) is 4.38. The Morgan fingerprint density at radius 2 is 1.57 bits per heavy atom. The standard InChI is InChI=1S/C28H30N2O4S/c1-3-17-30(35(32,33)27-16-14-24-11-7-8-12-25(24)18-27)21-28(31)29(19-23-9-5-4-6-10-23)20-26-15-13-22(2)34-26/h4-16,18H,3,17,19-21H2,1-2H3. The second kappa shape index (κ2) is 10.9. The Morgan fingerprint density at radius 1 is 0.857 bits per heavy atom. The highest BCUT2D eigenvalue weighted by molar-refractivity contribution is 7.89. The Bertz CT molecular complexity index is 1400. The molecule has 3 aromatic carbocycles. The summed E-state index contributed by atoms with van der Waals surface area (Å²) in [5.41, 5.74) is 0.962. The Kier molecular flexibility index (Phi) is 7.68. The maximum atomic E-state index is 13.6. The summed E-state index contributed by atoms with van der Waals surface area (Å²) in [5.74, 6) is 1.14. The van der Waals surface area contributed by atoms with Crippen LogP contribution in [0.15, 0.2) is 94.2 Å². The van der Waals surface area contributed by atoms with E-state index in [-0.39, 0.29) is 30.4 Å². The van der Waals surface area contributed by atoms with Crippen molar-refractivity contribution in [1.29, 1.82) is 0 Å². The Morgan fingerprint density at radius 3 is 2.26 bits per heavy atom. The van der Waals surface area contributed by atoms with Gasteiger partial charge in [-0.3, -0.25) is 4.79 Å². The first-order chi connectivity index (χ1) is 16.9. The van der Waals surface area contributed by atoms with Gasteiger partial charge in [-0.05, 0) is 53.9 Å². The molecule has 0 spiro atoms. The van der Waals surface area contributed by atoms with Crippen molar-refractivity contribution in [2.45, 2.75) is 38.3 Å². The number of rotatable bonds is 10. The van der Waals surface area contributed by atoms with Gasteiger partial charge in [0.2, 0.25) is 15.9 Å². The molecular formula is C28H30N2O4S. The maximum absolute atomic E-state index is 13.6. The van der Waals surface area contributed by atoms with Crippen LogP contribution in [0.3, 0.4) is 0 Å². The van der Waals surface area contributed by atoms with Crippen molar-refractivity contribution >= 4 is 26.7 Å². The SMILES string of the molecule is CCCN(CC(=O)N(Cc1ccccc1)Cc1ccc(C)o1)S(=O)(=O)c1ccc2ccccc2c1. The smallest absolute Gasteiger partial charge is 0.243 e. The summed E-state index contributed by atoms with van der Waals surface area (Å²) in [5, 5.41) is 1.81. The number of carbonyl (C=O) groups is 1. The van der Waals surface area contributed by atoms with Crippen LogP contribution in [0.25, 0.3) is 10.8 Å². The van der Waals surface area contributed by atoms with Crippen LogP contribution in [0.5, 0.6) is 0 Å². The second-order valence-corrected chi connectivity index (χ2v) is 10.5. The number of sulfonamides is 1. The molecule has 182 valence electrons. The minimum absolute atomic E-state index is 0.189. The van der Waals surface area contributed by atoms with E-state index in [9.17, 15) is 13.2 Å². The first kappa shape index (κ1) is 24.7. The van der Waals surface area contributed by atoms with E-state index in [0.29, 0.717) is 18.7 Å². The number of furan rings is 1. The molecule has 0 unspecified atom stereocenters. The van der Waals surface area contributed by atoms with E-state index in [0.717, 1.165) is 22.1 Å². The molecule has 0 saturated carbocycles. The van der Waals surface area contributed by atoms with Gasteiger partial charge in [-0.15, -0.1) is 0 Å². The largest absolute Gasteiger partial charge is 0.464 e. The van der Waals surface area contributed by atoms with Crippen molar-refractivity contribution in [2.24, 2.45) is 0 Å². The Hall–Kier alpha value is -3.42. The number of aryl methyl sites for hydroxylation is 1. The van der Waals surface area contributed by atoms with Crippen molar-refractivity contribution in [3.05, 3.63) is 102 Å². The van der Waals surface area contributed by atoms with Gasteiger partial charge < -0.3 is 9.32 Å². The molecule has 4 rings (SSSR count). The normalized spacial score (nSPS) is 11.7. The molecule has 1 aromatic heterocycles. The van der Waals surface area contributed by atoms with Crippen LogP contribution in [0.1, 0.15) is 30.4 Å². The minimum Gasteiger partial charge on any atom is -0.464 e. The molecular weight excluding hydrogens is 460 g/mol. The van der Waals surface area contributed by atoms with E-state index in [1.807, 2.05) is 80.6 Å². The zero-order chi connectivity index (χ0) is 24.8. The lowest BCUT2D eigenvalue weighted by atomic mass is 10.1. The summed E-state index contributed by atoms with van der Waals surface area (Å²) in [6.07, 6.45) is 0.593. The molecule has 0 atom stereocenters.